The third-order valence-corrected chi connectivity index (χ3v) is 8.59. The molecule has 126 valence electrons. The zero-order valence-corrected chi connectivity index (χ0v) is 17.6. The molecule has 4 nitrogen and oxygen atoms in total. The van der Waals surface area contributed by atoms with E-state index in [2.05, 4.69) is 93.2 Å². The predicted octanol–water partition coefficient (Wildman–Crippen LogP) is 2.32. The summed E-state index contributed by atoms with van der Waals surface area (Å²) in [7, 11) is 8.92. The molecule has 0 amide bonds. The van der Waals surface area contributed by atoms with Gasteiger partial charge in [0.1, 0.15) is 0 Å². The molecule has 0 radical (unpaired) electrons. The van der Waals surface area contributed by atoms with Gasteiger partial charge in [-0.3, -0.25) is 0 Å². The van der Waals surface area contributed by atoms with Crippen LogP contribution in [0.15, 0.2) is 0 Å². The van der Waals surface area contributed by atoms with E-state index in [1.807, 2.05) is 0 Å². The highest BCUT2D eigenvalue weighted by molar-refractivity contribution is 6.49. The molecule has 0 spiro atoms. The topological polar surface area (TPSA) is 13.0 Å². The average Bonchev–Trinajstić information content (AvgIpc) is 2.30. The Labute approximate surface area is 139 Å². The van der Waals surface area contributed by atoms with E-state index in [4.69, 9.17) is 0 Å². The molecule has 0 saturated heterocycles. The lowest BCUT2D eigenvalue weighted by molar-refractivity contribution is 0.176. The van der Waals surface area contributed by atoms with Gasteiger partial charge in [0, 0.05) is 6.54 Å². The average molecular weight is 314 g/mol. The number of rotatable bonds is 7. The van der Waals surface area contributed by atoms with Crippen LogP contribution >= 0.6 is 0 Å². The monoisotopic (exact) mass is 314 g/mol. The molecule has 0 fully saturated rings. The quantitative estimate of drug-likeness (QED) is 0.669. The van der Waals surface area contributed by atoms with E-state index < -0.39 is 14.8 Å². The van der Waals surface area contributed by atoms with Gasteiger partial charge in [0.25, 0.3) is 0 Å². The van der Waals surface area contributed by atoms with Gasteiger partial charge >= 0.3 is 14.8 Å². The summed E-state index contributed by atoms with van der Waals surface area (Å²) in [6.45, 7) is 19.6. The Morgan fingerprint density at radius 1 is 0.714 bits per heavy atom. The van der Waals surface area contributed by atoms with Gasteiger partial charge in [0.15, 0.2) is 0 Å². The third-order valence-electron chi connectivity index (χ3n) is 4.38. The molecule has 0 atom stereocenters. The van der Waals surface area contributed by atoms with Crippen LogP contribution < -0.4 is 0 Å². The van der Waals surface area contributed by atoms with Crippen molar-refractivity contribution < 1.29 is 0 Å². The second-order valence-corrected chi connectivity index (χ2v) is 11.3. The van der Waals surface area contributed by atoms with Crippen molar-refractivity contribution in [1.29, 1.82) is 0 Å². The third kappa shape index (κ3) is 6.99. The minimum Gasteiger partial charge on any atom is -0.356 e. The van der Waals surface area contributed by atoms with E-state index in [1.54, 1.807) is 0 Å². The van der Waals surface area contributed by atoms with E-state index in [0.717, 1.165) is 19.6 Å². The van der Waals surface area contributed by atoms with Crippen LogP contribution in [0.2, 0.25) is 0 Å². The van der Waals surface area contributed by atoms with Crippen molar-refractivity contribution in [3.05, 3.63) is 0 Å². The van der Waals surface area contributed by atoms with Crippen molar-refractivity contribution >= 4 is 14.8 Å². The molecule has 0 N–H and O–H groups in total. The smallest absolute Gasteiger partial charge is 0.356 e. The Morgan fingerprint density at radius 3 is 1.33 bits per heavy atom. The summed E-state index contributed by atoms with van der Waals surface area (Å²) in [5, 5.41) is 0. The Balaban J connectivity index is 5.36. The molecule has 0 saturated carbocycles. The molecule has 0 rings (SSSR count). The first-order valence-electron chi connectivity index (χ1n) is 8.17. The van der Waals surface area contributed by atoms with Gasteiger partial charge in [-0.1, -0.05) is 6.92 Å². The number of hydrogen-bond acceptors (Lipinski definition) is 4. The van der Waals surface area contributed by atoms with Gasteiger partial charge in [-0.05, 0) is 93.9 Å². The minimum absolute atomic E-state index is 0.196. The standard InChI is InChI=1S/C6H15N2.2C5H12N.Al/c1-4-7-5-6-8(2)3;2*1-5(2,3)6-4;/h4-6H2,1-3H3;2*1-4H3;/q3*-1;+3. The fraction of sp³-hybridized carbons (Fsp3) is 1.00. The van der Waals surface area contributed by atoms with Crippen molar-refractivity contribution in [2.75, 3.05) is 47.8 Å². The molecular formula is C16H39AlN4. The van der Waals surface area contributed by atoms with Gasteiger partial charge in [-0.2, -0.15) is 0 Å². The van der Waals surface area contributed by atoms with E-state index >= 15 is 0 Å². The number of hydrogen-bond donors (Lipinski definition) is 0. The summed E-state index contributed by atoms with van der Waals surface area (Å²) < 4.78 is 7.95. The van der Waals surface area contributed by atoms with E-state index in [9.17, 15) is 0 Å². The molecule has 0 bridgehead atoms. The highest BCUT2D eigenvalue weighted by Gasteiger charge is 2.45. The van der Waals surface area contributed by atoms with Crippen LogP contribution in [0.25, 0.3) is 0 Å². The molecule has 0 aliphatic carbocycles. The van der Waals surface area contributed by atoms with E-state index in [0.29, 0.717) is 0 Å². The first-order valence-corrected chi connectivity index (χ1v) is 9.72. The molecule has 0 aliphatic rings. The summed E-state index contributed by atoms with van der Waals surface area (Å²) in [4.78, 5) is 2.28. The Kier molecular flexibility index (Phi) is 8.44. The molecule has 0 aliphatic heterocycles. The van der Waals surface area contributed by atoms with Gasteiger partial charge in [0.2, 0.25) is 0 Å². The molecular weight excluding hydrogens is 275 g/mol. The highest BCUT2D eigenvalue weighted by Crippen LogP contribution is 2.21. The van der Waals surface area contributed by atoms with E-state index in [1.165, 1.54) is 0 Å². The van der Waals surface area contributed by atoms with Gasteiger partial charge in [-0.25, -0.2) is 0 Å². The Bertz CT molecular complexity index is 274. The van der Waals surface area contributed by atoms with Crippen LogP contribution in [-0.4, -0.2) is 90.3 Å². The van der Waals surface area contributed by atoms with Crippen LogP contribution in [0, 0.1) is 0 Å². The van der Waals surface area contributed by atoms with Gasteiger partial charge in [-0.15, -0.1) is 0 Å². The second kappa shape index (κ2) is 8.29. The first kappa shape index (κ1) is 21.4. The molecule has 21 heavy (non-hydrogen) atoms. The molecule has 5 heteroatoms. The summed E-state index contributed by atoms with van der Waals surface area (Å²) in [5.41, 5.74) is 0.393. The van der Waals surface area contributed by atoms with Crippen LogP contribution in [0.3, 0.4) is 0 Å². The predicted molar refractivity (Wildman–Crippen MR) is 96.6 cm³/mol. The molecule has 0 unspecified atom stereocenters. The second-order valence-electron chi connectivity index (χ2n) is 8.34. The lowest BCUT2D eigenvalue weighted by Gasteiger charge is -2.48. The van der Waals surface area contributed by atoms with Crippen molar-refractivity contribution in [3.63, 3.8) is 0 Å². The molecule has 0 heterocycles. The summed E-state index contributed by atoms with van der Waals surface area (Å²) >= 11 is -1.37. The summed E-state index contributed by atoms with van der Waals surface area (Å²) in [5.74, 6) is 0. The van der Waals surface area contributed by atoms with Gasteiger partial charge < -0.3 is 16.6 Å². The maximum Gasteiger partial charge on any atom is 0.609 e. The number of nitrogens with zero attached hydrogens (tertiary/aromatic N) is 4. The lowest BCUT2D eigenvalue weighted by atomic mass is 10.1. The minimum atomic E-state index is -1.37. The van der Waals surface area contributed by atoms with Crippen molar-refractivity contribution in [2.24, 2.45) is 0 Å². The maximum absolute atomic E-state index is 2.70. The molecule has 0 aromatic heterocycles. The maximum atomic E-state index is 2.70. The zero-order chi connectivity index (χ0) is 17.0. The van der Waals surface area contributed by atoms with Crippen LogP contribution in [-0.2, 0) is 0 Å². The molecule has 0 aromatic rings. The largest absolute Gasteiger partial charge is 0.609 e. The summed E-state index contributed by atoms with van der Waals surface area (Å²) in [6, 6.07) is 0. The normalized spacial score (nSPS) is 13.9. The lowest BCUT2D eigenvalue weighted by Crippen LogP contribution is -2.69. The van der Waals surface area contributed by atoms with Crippen LogP contribution in [0.4, 0.5) is 0 Å². The fourth-order valence-electron chi connectivity index (χ4n) is 2.21. The first-order chi connectivity index (χ1) is 9.32. The summed E-state index contributed by atoms with van der Waals surface area (Å²) in [6.07, 6.45) is 0. The van der Waals surface area contributed by atoms with Crippen LogP contribution in [0.1, 0.15) is 48.5 Å². The van der Waals surface area contributed by atoms with Crippen LogP contribution in [0.5, 0.6) is 0 Å². The zero-order valence-electron chi connectivity index (χ0n) is 16.5. The van der Waals surface area contributed by atoms with Crippen molar-refractivity contribution in [2.45, 2.75) is 59.5 Å². The fourth-order valence-corrected chi connectivity index (χ4v) is 5.77. The Morgan fingerprint density at radius 2 is 1.10 bits per heavy atom. The van der Waals surface area contributed by atoms with Gasteiger partial charge in [0.05, 0.1) is 0 Å². The van der Waals surface area contributed by atoms with Crippen molar-refractivity contribution in [1.82, 2.24) is 16.6 Å². The molecule has 0 aromatic carbocycles. The van der Waals surface area contributed by atoms with Crippen molar-refractivity contribution in [3.8, 4) is 0 Å². The van der Waals surface area contributed by atoms with E-state index in [-0.39, 0.29) is 11.1 Å². The highest BCUT2D eigenvalue weighted by atomic mass is 27.2. The SMILES string of the molecule is CC[N](CCN(C)C)[Al]([N](C)C(C)(C)C)[N](C)C(C)(C)C. The Hall–Kier alpha value is 0.372. The number of likely N-dealkylation sites (N-methyl/N-ethyl adjacent to an activating group) is 2.